The highest BCUT2D eigenvalue weighted by atomic mass is 19.1. The first-order chi connectivity index (χ1) is 10.7. The molecule has 1 unspecified atom stereocenters. The predicted molar refractivity (Wildman–Crippen MR) is 87.1 cm³/mol. The molecule has 4 rings (SSSR count). The van der Waals surface area contributed by atoms with Gasteiger partial charge in [0.25, 0.3) is 0 Å². The Hall–Kier alpha value is -2.25. The molecule has 1 aromatic heterocycles. The smallest absolute Gasteiger partial charge is 0.0935 e. The summed E-state index contributed by atoms with van der Waals surface area (Å²) in [6, 6.07) is 8.63. The van der Waals surface area contributed by atoms with Crippen molar-refractivity contribution >= 4 is 10.9 Å². The number of fused-ring (bicyclic) bond motifs is 3. The number of aromatic amines is 1. The van der Waals surface area contributed by atoms with Crippen molar-refractivity contribution in [3.63, 3.8) is 0 Å². The van der Waals surface area contributed by atoms with Crippen molar-refractivity contribution in [2.75, 3.05) is 0 Å². The highest BCUT2D eigenvalue weighted by Gasteiger charge is 2.37. The number of rotatable bonds is 2. The molecule has 22 heavy (non-hydrogen) atoms. The minimum absolute atomic E-state index is 0.0626. The third kappa shape index (κ3) is 1.79. The van der Waals surface area contributed by atoms with Crippen molar-refractivity contribution in [1.29, 1.82) is 0 Å². The fourth-order valence-electron chi connectivity index (χ4n) is 3.76. The van der Waals surface area contributed by atoms with Crippen molar-refractivity contribution in [1.82, 2.24) is 9.88 Å². The van der Waals surface area contributed by atoms with Gasteiger partial charge in [-0.15, -0.1) is 5.73 Å². The van der Waals surface area contributed by atoms with Gasteiger partial charge in [0.2, 0.25) is 0 Å². The number of H-pyrrole nitrogens is 1. The lowest BCUT2D eigenvalue weighted by Gasteiger charge is -2.44. The van der Waals surface area contributed by atoms with Gasteiger partial charge in [-0.2, -0.15) is 0 Å². The molecule has 112 valence electrons. The van der Waals surface area contributed by atoms with E-state index >= 15 is 0 Å². The summed E-state index contributed by atoms with van der Waals surface area (Å²) in [6.07, 6.45) is 4.68. The van der Waals surface area contributed by atoms with Crippen LogP contribution in [0.5, 0.6) is 0 Å². The lowest BCUT2D eigenvalue weighted by Crippen LogP contribution is -2.42. The second kappa shape index (κ2) is 4.89. The summed E-state index contributed by atoms with van der Waals surface area (Å²) in [5, 5.41) is 1.26. The minimum atomic E-state index is -0.0626. The van der Waals surface area contributed by atoms with Crippen LogP contribution in [0.2, 0.25) is 0 Å². The second-order valence-corrected chi connectivity index (χ2v) is 6.28. The van der Waals surface area contributed by atoms with E-state index in [1.807, 2.05) is 19.1 Å². The number of para-hydroxylation sites is 1. The van der Waals surface area contributed by atoms with E-state index in [0.29, 0.717) is 6.04 Å². The number of aromatic nitrogens is 1. The molecule has 2 aliphatic rings. The van der Waals surface area contributed by atoms with E-state index in [2.05, 4.69) is 40.7 Å². The summed E-state index contributed by atoms with van der Waals surface area (Å²) < 4.78 is 13.4. The van der Waals surface area contributed by atoms with Crippen molar-refractivity contribution in [2.24, 2.45) is 0 Å². The average Bonchev–Trinajstić information content (AvgIpc) is 2.83. The molecular weight excluding hydrogens is 275 g/mol. The fraction of sp³-hybridized carbons (Fsp3) is 0.316. The Balaban J connectivity index is 1.95. The third-order valence-corrected chi connectivity index (χ3v) is 4.85. The van der Waals surface area contributed by atoms with Gasteiger partial charge in [0.1, 0.15) is 0 Å². The van der Waals surface area contributed by atoms with Crippen molar-refractivity contribution in [2.45, 2.75) is 38.8 Å². The molecule has 0 saturated carbocycles. The summed E-state index contributed by atoms with van der Waals surface area (Å²) in [6.45, 7) is 4.09. The Morgan fingerprint density at radius 3 is 2.86 bits per heavy atom. The van der Waals surface area contributed by atoms with Crippen LogP contribution in [0.3, 0.4) is 0 Å². The van der Waals surface area contributed by atoms with Gasteiger partial charge in [0.05, 0.1) is 18.1 Å². The number of nitrogens with one attached hydrogen (secondary N) is 1. The Morgan fingerprint density at radius 2 is 2.18 bits per heavy atom. The monoisotopic (exact) mass is 294 g/mol. The summed E-state index contributed by atoms with van der Waals surface area (Å²) >= 11 is 0. The van der Waals surface area contributed by atoms with Gasteiger partial charge in [-0.25, -0.2) is 4.39 Å². The minimum Gasteiger partial charge on any atom is -0.356 e. The van der Waals surface area contributed by atoms with Gasteiger partial charge < -0.3 is 9.88 Å². The van der Waals surface area contributed by atoms with Gasteiger partial charge in [-0.3, -0.25) is 0 Å². The number of benzene rings is 1. The van der Waals surface area contributed by atoms with Gasteiger partial charge in [-0.1, -0.05) is 18.2 Å². The number of hydrogen-bond acceptors (Lipinski definition) is 1. The maximum Gasteiger partial charge on any atom is 0.0935 e. The lowest BCUT2D eigenvalue weighted by atomic mass is 9.88. The largest absolute Gasteiger partial charge is 0.356 e. The van der Waals surface area contributed by atoms with Crippen molar-refractivity contribution < 1.29 is 4.39 Å². The molecule has 2 aromatic rings. The molecule has 0 fully saturated rings. The molecule has 1 aromatic carbocycles. The van der Waals surface area contributed by atoms with Crippen LogP contribution in [0.15, 0.2) is 53.7 Å². The summed E-state index contributed by atoms with van der Waals surface area (Å²) in [5.41, 5.74) is 8.79. The molecule has 2 heterocycles. The van der Waals surface area contributed by atoms with E-state index in [4.69, 9.17) is 0 Å². The summed E-state index contributed by atoms with van der Waals surface area (Å²) in [4.78, 5) is 5.86. The Kier molecular flexibility index (Phi) is 2.98. The van der Waals surface area contributed by atoms with Gasteiger partial charge in [0.15, 0.2) is 0 Å². The Bertz CT molecular complexity index is 836. The molecule has 2 nitrogen and oxygen atoms in total. The molecule has 0 saturated heterocycles. The zero-order valence-electron chi connectivity index (χ0n) is 12.9. The van der Waals surface area contributed by atoms with Gasteiger partial charge >= 0.3 is 0 Å². The topological polar surface area (TPSA) is 19.0 Å². The van der Waals surface area contributed by atoms with Crippen LogP contribution in [-0.4, -0.2) is 15.9 Å². The molecule has 1 N–H and O–H groups in total. The van der Waals surface area contributed by atoms with Gasteiger partial charge in [-0.05, 0) is 43.5 Å². The highest BCUT2D eigenvalue weighted by molar-refractivity contribution is 5.85. The molecular formula is C19H19FN2. The van der Waals surface area contributed by atoms with Crippen molar-refractivity contribution in [3.8, 4) is 0 Å². The van der Waals surface area contributed by atoms with Crippen LogP contribution in [0, 0.1) is 0 Å². The molecule has 0 radical (unpaired) electrons. The summed E-state index contributed by atoms with van der Waals surface area (Å²) in [5.74, 6) is 0. The molecule has 0 amide bonds. The molecule has 2 atom stereocenters. The fourth-order valence-corrected chi connectivity index (χ4v) is 3.76. The molecule has 1 aliphatic heterocycles. The maximum absolute atomic E-state index is 13.4. The van der Waals surface area contributed by atoms with Crippen LogP contribution < -0.4 is 0 Å². The first-order valence-corrected chi connectivity index (χ1v) is 7.79. The van der Waals surface area contributed by atoms with Crippen LogP contribution >= 0.6 is 0 Å². The zero-order chi connectivity index (χ0) is 15.3. The van der Waals surface area contributed by atoms with E-state index in [1.165, 1.54) is 16.6 Å². The standard InChI is InChI=1S/C19H19FN2/c1-12(11-20)19-18-16(15-8-3-4-9-17(15)21-18)10-13(2)22(19)14-6-5-7-14/h3-5,8-9,11,13,19,21H,6,10H2,1-2H3/b12-11-/t13?,19-/m1/s1. The second-order valence-electron chi connectivity index (χ2n) is 6.28. The third-order valence-electron chi connectivity index (χ3n) is 4.85. The lowest BCUT2D eigenvalue weighted by molar-refractivity contribution is 0.190. The molecule has 0 spiro atoms. The molecule has 0 bridgehead atoms. The predicted octanol–water partition coefficient (Wildman–Crippen LogP) is 4.77. The number of nitrogens with zero attached hydrogens (tertiary/aromatic N) is 1. The van der Waals surface area contributed by atoms with E-state index in [-0.39, 0.29) is 6.04 Å². The first kappa shape index (κ1) is 13.4. The highest BCUT2D eigenvalue weighted by Crippen LogP contribution is 2.43. The van der Waals surface area contributed by atoms with E-state index in [1.54, 1.807) is 0 Å². The van der Waals surface area contributed by atoms with Gasteiger partial charge in [0, 0.05) is 29.1 Å². The maximum atomic E-state index is 13.4. The quantitative estimate of drug-likeness (QED) is 0.790. The van der Waals surface area contributed by atoms with Crippen LogP contribution in [0.25, 0.3) is 10.9 Å². The van der Waals surface area contributed by atoms with Crippen molar-refractivity contribution in [3.05, 3.63) is 64.9 Å². The molecule has 1 aliphatic carbocycles. The van der Waals surface area contributed by atoms with Crippen LogP contribution in [-0.2, 0) is 6.42 Å². The van der Waals surface area contributed by atoms with E-state index in [9.17, 15) is 4.39 Å². The SMILES string of the molecule is C/C(=C/F)[C@@H]1c2[nH]c3ccccc3c2CC(C)N1C1=C=CC1. The Morgan fingerprint density at radius 1 is 1.41 bits per heavy atom. The average molecular weight is 294 g/mol. The van der Waals surface area contributed by atoms with E-state index < -0.39 is 0 Å². The Labute approximate surface area is 129 Å². The molecule has 3 heteroatoms. The van der Waals surface area contributed by atoms with Crippen LogP contribution in [0.1, 0.15) is 37.6 Å². The first-order valence-electron chi connectivity index (χ1n) is 7.79. The van der Waals surface area contributed by atoms with E-state index in [0.717, 1.165) is 36.0 Å². The number of halogens is 1. The van der Waals surface area contributed by atoms with Crippen LogP contribution in [0.4, 0.5) is 4.39 Å². The number of hydrogen-bond donors (Lipinski definition) is 1. The summed E-state index contributed by atoms with van der Waals surface area (Å²) in [7, 11) is 0. The zero-order valence-corrected chi connectivity index (χ0v) is 12.9. The normalized spacial score (nSPS) is 24.2.